The number of benzene rings is 2. The number of allylic oxidation sites excluding steroid dienone is 1. The number of hydrogen-bond acceptors (Lipinski definition) is 2. The predicted molar refractivity (Wildman–Crippen MR) is 139 cm³/mol. The molecule has 1 N–H and O–H groups in total. The average Bonchev–Trinajstić information content (AvgIpc) is 2.82. The van der Waals surface area contributed by atoms with Crippen LogP contribution in [-0.2, 0) is 11.0 Å². The summed E-state index contributed by atoms with van der Waals surface area (Å²) >= 11 is 22.2. The summed E-state index contributed by atoms with van der Waals surface area (Å²) in [5.41, 5.74) is -3.93. The fraction of sp³-hybridized carbons (Fsp3) is 0.333. The van der Waals surface area contributed by atoms with Gasteiger partial charge in [0.05, 0.1) is 20.6 Å². The minimum Gasteiger partial charge on any atom is -0.364 e. The number of carbonyl (C=O) groups excluding carboxylic acids is 1. The van der Waals surface area contributed by atoms with Crippen molar-refractivity contribution in [2.24, 2.45) is 0 Å². The van der Waals surface area contributed by atoms with Crippen LogP contribution in [0.5, 0.6) is 0 Å². The number of likely N-dealkylation sites (N-methyl/N-ethyl adjacent to an activating group) is 1. The zero-order chi connectivity index (χ0) is 31.7. The summed E-state index contributed by atoms with van der Waals surface area (Å²) in [6.07, 6.45) is -15.0. The molecule has 1 amide bonds. The Labute approximate surface area is 247 Å². The third-order valence-electron chi connectivity index (χ3n) is 5.39. The van der Waals surface area contributed by atoms with Gasteiger partial charge in [0.25, 0.3) is 0 Å². The molecular formula is C24H17Cl3F10N2OS. The average molecular weight is 678 g/mol. The number of nitrogens with zero attached hydrogens (tertiary/aromatic N) is 1. The van der Waals surface area contributed by atoms with Gasteiger partial charge in [-0.1, -0.05) is 59.2 Å². The first-order valence-corrected chi connectivity index (χ1v) is 12.5. The van der Waals surface area contributed by atoms with E-state index in [1.165, 1.54) is 0 Å². The molecule has 0 radical (unpaired) electrons. The maximum absolute atomic E-state index is 15.0. The second kappa shape index (κ2) is 12.9. The highest BCUT2D eigenvalue weighted by atomic mass is 35.5. The van der Waals surface area contributed by atoms with Gasteiger partial charge in [-0.25, -0.2) is 4.39 Å². The van der Waals surface area contributed by atoms with E-state index in [9.17, 15) is 44.3 Å². The van der Waals surface area contributed by atoms with Gasteiger partial charge >= 0.3 is 18.5 Å². The molecule has 17 heteroatoms. The molecular weight excluding hydrogens is 661 g/mol. The quantitative estimate of drug-likeness (QED) is 0.180. The Bertz CT molecular complexity index is 1320. The first-order chi connectivity index (χ1) is 18.5. The molecule has 0 aliphatic heterocycles. The molecule has 3 nitrogen and oxygen atoms in total. The second-order valence-electron chi connectivity index (χ2n) is 8.60. The molecule has 226 valence electrons. The van der Waals surface area contributed by atoms with Crippen LogP contribution in [0.1, 0.15) is 35.1 Å². The lowest BCUT2D eigenvalue weighted by Crippen LogP contribution is -2.48. The van der Waals surface area contributed by atoms with Crippen LogP contribution in [0.4, 0.5) is 43.9 Å². The zero-order valence-corrected chi connectivity index (χ0v) is 23.6. The molecule has 0 saturated heterocycles. The van der Waals surface area contributed by atoms with Crippen molar-refractivity contribution < 1.29 is 48.7 Å². The van der Waals surface area contributed by atoms with Gasteiger partial charge in [-0.3, -0.25) is 4.79 Å². The van der Waals surface area contributed by atoms with Crippen LogP contribution in [0.3, 0.4) is 0 Å². The maximum atomic E-state index is 15.0. The minimum absolute atomic E-state index is 0.0266. The highest BCUT2D eigenvalue weighted by molar-refractivity contribution is 7.80. The summed E-state index contributed by atoms with van der Waals surface area (Å²) in [6, 6.07) is 1.62. The Morgan fingerprint density at radius 2 is 1.54 bits per heavy atom. The number of hydrogen-bond donors (Lipinski definition) is 1. The normalized spacial score (nSPS) is 14.5. The van der Waals surface area contributed by atoms with E-state index in [2.05, 4.69) is 5.32 Å². The number of nitrogens with one attached hydrogen (secondary N) is 1. The molecule has 2 rings (SSSR count). The van der Waals surface area contributed by atoms with Crippen molar-refractivity contribution in [1.29, 1.82) is 0 Å². The molecule has 0 fully saturated rings. The van der Waals surface area contributed by atoms with E-state index < -0.39 is 76.0 Å². The fourth-order valence-corrected chi connectivity index (χ4v) is 4.48. The number of carbonyl (C=O) groups is 1. The van der Waals surface area contributed by atoms with Gasteiger partial charge in [0.1, 0.15) is 29.3 Å². The van der Waals surface area contributed by atoms with E-state index >= 15 is 4.39 Å². The molecule has 41 heavy (non-hydrogen) atoms. The highest BCUT2D eigenvalue weighted by Crippen LogP contribution is 2.43. The van der Waals surface area contributed by atoms with Crippen molar-refractivity contribution in [3.05, 3.63) is 73.7 Å². The summed E-state index contributed by atoms with van der Waals surface area (Å²) in [7, 11) is 0.822. The Balaban J connectivity index is 2.47. The van der Waals surface area contributed by atoms with Crippen molar-refractivity contribution in [3.8, 4) is 0 Å². The van der Waals surface area contributed by atoms with E-state index in [0.29, 0.717) is 12.1 Å². The molecule has 2 aromatic rings. The summed E-state index contributed by atoms with van der Waals surface area (Å²) in [6.45, 7) is -0.579. The van der Waals surface area contributed by atoms with Crippen molar-refractivity contribution in [2.45, 2.75) is 37.4 Å². The van der Waals surface area contributed by atoms with E-state index in [1.807, 2.05) is 0 Å². The molecule has 0 spiro atoms. The van der Waals surface area contributed by atoms with Crippen molar-refractivity contribution >= 4 is 63.7 Å². The Morgan fingerprint density at radius 3 is 2.00 bits per heavy atom. The van der Waals surface area contributed by atoms with Gasteiger partial charge in [0.2, 0.25) is 5.91 Å². The van der Waals surface area contributed by atoms with Gasteiger partial charge in [-0.05, 0) is 36.8 Å². The van der Waals surface area contributed by atoms with Crippen LogP contribution in [0.25, 0.3) is 5.83 Å². The first kappa shape index (κ1) is 34.9. The zero-order valence-electron chi connectivity index (χ0n) is 20.5. The molecule has 0 saturated carbocycles. The summed E-state index contributed by atoms with van der Waals surface area (Å²) in [5.74, 6) is -5.53. The Hall–Kier alpha value is -2.29. The van der Waals surface area contributed by atoms with Crippen LogP contribution in [0.15, 0.2) is 36.4 Å². The van der Waals surface area contributed by atoms with E-state index in [4.69, 9.17) is 47.0 Å². The third kappa shape index (κ3) is 9.35. The summed E-state index contributed by atoms with van der Waals surface area (Å²) in [4.78, 5) is 11.7. The smallest absolute Gasteiger partial charge is 0.364 e. The number of halogens is 13. The molecule has 2 aromatic carbocycles. The number of rotatable bonds is 7. The van der Waals surface area contributed by atoms with E-state index in [-0.39, 0.29) is 32.1 Å². The van der Waals surface area contributed by atoms with Crippen LogP contribution in [-0.4, -0.2) is 47.8 Å². The molecule has 0 bridgehead atoms. The third-order valence-corrected chi connectivity index (χ3v) is 6.92. The molecule has 0 aliphatic rings. The minimum atomic E-state index is -5.21. The topological polar surface area (TPSA) is 32.3 Å². The molecule has 0 aromatic heterocycles. The van der Waals surface area contributed by atoms with Gasteiger partial charge in [-0.2, -0.15) is 39.5 Å². The molecule has 0 aliphatic carbocycles. The second-order valence-corrected chi connectivity index (χ2v) is 10.2. The van der Waals surface area contributed by atoms with E-state index in [1.54, 1.807) is 0 Å². The lowest BCUT2D eigenvalue weighted by Gasteiger charge is -2.24. The van der Waals surface area contributed by atoms with Crippen LogP contribution < -0.4 is 5.32 Å². The van der Waals surface area contributed by atoms with Crippen molar-refractivity contribution in [3.63, 3.8) is 0 Å². The largest absolute Gasteiger partial charge is 0.417 e. The first-order valence-electron chi connectivity index (χ1n) is 11.0. The molecule has 2 atom stereocenters. The molecule has 0 heterocycles. The summed E-state index contributed by atoms with van der Waals surface area (Å²) < 4.78 is 136. The van der Waals surface area contributed by atoms with Crippen LogP contribution in [0, 0.1) is 0 Å². The molecule has 1 unspecified atom stereocenters. The predicted octanol–water partition coefficient (Wildman–Crippen LogP) is 9.00. The monoisotopic (exact) mass is 676 g/mol. The maximum Gasteiger partial charge on any atom is 0.417 e. The van der Waals surface area contributed by atoms with E-state index in [0.717, 1.165) is 26.1 Å². The number of alkyl halides is 9. The van der Waals surface area contributed by atoms with Crippen LogP contribution in [0.2, 0.25) is 15.1 Å². The standard InChI is InChI=1S/C24H17Cl3F10N2OS/c1-10(21(40)39(2)9-22(29,30)31)38-20(41)13-4-3-11(5-15(13)24(35,36)37)18(28)8-14(23(32,33)34)12-6-16(25)19(27)17(26)7-12/h3-8,10,14H,9H2,1-2H3,(H,38,41)/b18-8-/t10-,14?/m1/s1. The Kier molecular flexibility index (Phi) is 11.0. The van der Waals surface area contributed by atoms with Gasteiger partial charge in [0.15, 0.2) is 0 Å². The van der Waals surface area contributed by atoms with Gasteiger partial charge < -0.3 is 10.2 Å². The van der Waals surface area contributed by atoms with Gasteiger partial charge in [-0.15, -0.1) is 0 Å². The van der Waals surface area contributed by atoms with Gasteiger partial charge in [0, 0.05) is 18.2 Å². The van der Waals surface area contributed by atoms with Crippen molar-refractivity contribution in [1.82, 2.24) is 10.2 Å². The summed E-state index contributed by atoms with van der Waals surface area (Å²) in [5, 5.41) is 1.18. The number of thiocarbonyl (C=S) groups is 1. The lowest BCUT2D eigenvalue weighted by atomic mass is 9.95. The Morgan fingerprint density at radius 1 is 1.00 bits per heavy atom. The SMILES string of the molecule is C[C@@H](NC(=S)c1ccc(/C(F)=C/C(c2cc(Cl)c(Cl)c(Cl)c2)C(F)(F)F)cc1C(F)(F)F)C(=O)N(C)CC(F)(F)F. The fourth-order valence-electron chi connectivity index (χ4n) is 3.52. The lowest BCUT2D eigenvalue weighted by molar-refractivity contribution is -0.159. The van der Waals surface area contributed by atoms with Crippen LogP contribution >= 0.6 is 47.0 Å². The number of amides is 1. The highest BCUT2D eigenvalue weighted by Gasteiger charge is 2.41. The van der Waals surface area contributed by atoms with Crippen molar-refractivity contribution in [2.75, 3.05) is 13.6 Å².